The Morgan fingerprint density at radius 3 is 3.05 bits per heavy atom. The van der Waals surface area contributed by atoms with Crippen LogP contribution >= 0.6 is 0 Å². The van der Waals surface area contributed by atoms with E-state index in [1.807, 2.05) is 18.2 Å². The molecule has 5 heteroatoms. The van der Waals surface area contributed by atoms with Crippen LogP contribution in [0, 0.1) is 0 Å². The fraction of sp³-hybridized carbons (Fsp3) is 0.571. The van der Waals surface area contributed by atoms with Gasteiger partial charge in [0.1, 0.15) is 0 Å². The standard InChI is InChI=1S/C14H21NO4/c1-16-7-3-8-17-9-6-15-10-12-4-2-5-13-14(12)19-11-18-13/h2,4-5,15H,3,6-11H2,1H3. The van der Waals surface area contributed by atoms with Gasteiger partial charge in [-0.05, 0) is 12.5 Å². The summed E-state index contributed by atoms with van der Waals surface area (Å²) in [7, 11) is 1.70. The van der Waals surface area contributed by atoms with Gasteiger partial charge in [0.2, 0.25) is 6.79 Å². The number of methoxy groups -OCH3 is 1. The van der Waals surface area contributed by atoms with Crippen LogP contribution in [0.4, 0.5) is 0 Å². The second-order valence-electron chi connectivity index (χ2n) is 4.29. The molecule has 0 saturated carbocycles. The third-order valence-electron chi connectivity index (χ3n) is 2.85. The SMILES string of the molecule is COCCCOCCNCc1cccc2c1OCO2. The lowest BCUT2D eigenvalue weighted by Crippen LogP contribution is -2.20. The predicted octanol–water partition coefficient (Wildman–Crippen LogP) is 1.56. The van der Waals surface area contributed by atoms with Gasteiger partial charge in [0.05, 0.1) is 6.61 Å². The van der Waals surface area contributed by atoms with Crippen molar-refractivity contribution in [2.75, 3.05) is 40.3 Å². The first kappa shape index (κ1) is 14.1. The third kappa shape index (κ3) is 4.38. The third-order valence-corrected chi connectivity index (χ3v) is 2.85. The molecule has 1 aromatic rings. The lowest BCUT2D eigenvalue weighted by Gasteiger charge is -2.08. The largest absolute Gasteiger partial charge is 0.454 e. The fourth-order valence-electron chi connectivity index (χ4n) is 1.90. The Kier molecular flexibility index (Phi) is 5.94. The van der Waals surface area contributed by atoms with Gasteiger partial charge in [0.25, 0.3) is 0 Å². The molecule has 19 heavy (non-hydrogen) atoms. The Hall–Kier alpha value is -1.30. The van der Waals surface area contributed by atoms with Gasteiger partial charge in [-0.25, -0.2) is 0 Å². The smallest absolute Gasteiger partial charge is 0.231 e. The Labute approximate surface area is 113 Å². The van der Waals surface area contributed by atoms with Crippen molar-refractivity contribution in [3.8, 4) is 11.5 Å². The average Bonchev–Trinajstić information content (AvgIpc) is 2.91. The first-order valence-corrected chi connectivity index (χ1v) is 6.56. The summed E-state index contributed by atoms with van der Waals surface area (Å²) in [6, 6.07) is 5.94. The van der Waals surface area contributed by atoms with Crippen LogP contribution in [0.25, 0.3) is 0 Å². The quantitative estimate of drug-likeness (QED) is 0.688. The van der Waals surface area contributed by atoms with Crippen LogP contribution in [-0.4, -0.2) is 40.3 Å². The second kappa shape index (κ2) is 7.99. The second-order valence-corrected chi connectivity index (χ2v) is 4.29. The van der Waals surface area contributed by atoms with Gasteiger partial charge in [0, 0.05) is 39.0 Å². The number of hydrogen-bond donors (Lipinski definition) is 1. The summed E-state index contributed by atoms with van der Waals surface area (Å²) >= 11 is 0. The lowest BCUT2D eigenvalue weighted by atomic mass is 10.2. The van der Waals surface area contributed by atoms with Crippen LogP contribution in [0.5, 0.6) is 11.5 Å². The van der Waals surface area contributed by atoms with E-state index in [1.54, 1.807) is 7.11 Å². The van der Waals surface area contributed by atoms with Crippen molar-refractivity contribution in [2.45, 2.75) is 13.0 Å². The van der Waals surface area contributed by atoms with Crippen molar-refractivity contribution in [3.63, 3.8) is 0 Å². The van der Waals surface area contributed by atoms with Crippen LogP contribution in [0.2, 0.25) is 0 Å². The number of para-hydroxylation sites is 1. The van der Waals surface area contributed by atoms with Gasteiger partial charge in [0.15, 0.2) is 11.5 Å². The Morgan fingerprint density at radius 2 is 2.16 bits per heavy atom. The van der Waals surface area contributed by atoms with E-state index in [4.69, 9.17) is 18.9 Å². The highest BCUT2D eigenvalue weighted by Gasteiger charge is 2.16. The summed E-state index contributed by atoms with van der Waals surface area (Å²) < 4.78 is 21.2. The monoisotopic (exact) mass is 267 g/mol. The van der Waals surface area contributed by atoms with Gasteiger partial charge in [-0.2, -0.15) is 0 Å². The maximum Gasteiger partial charge on any atom is 0.231 e. The van der Waals surface area contributed by atoms with Crippen molar-refractivity contribution in [1.82, 2.24) is 5.32 Å². The maximum atomic E-state index is 5.47. The molecule has 0 radical (unpaired) electrons. The molecule has 0 fully saturated rings. The van der Waals surface area contributed by atoms with Crippen molar-refractivity contribution >= 4 is 0 Å². The van der Waals surface area contributed by atoms with Crippen LogP contribution in [0.3, 0.4) is 0 Å². The molecular formula is C14H21NO4. The van der Waals surface area contributed by atoms with Crippen molar-refractivity contribution in [1.29, 1.82) is 0 Å². The van der Waals surface area contributed by atoms with E-state index in [0.29, 0.717) is 13.4 Å². The minimum atomic E-state index is 0.314. The highest BCUT2D eigenvalue weighted by atomic mass is 16.7. The summed E-state index contributed by atoms with van der Waals surface area (Å²) in [6.07, 6.45) is 0.938. The van der Waals surface area contributed by atoms with Gasteiger partial charge in [-0.15, -0.1) is 0 Å². The molecular weight excluding hydrogens is 246 g/mol. The van der Waals surface area contributed by atoms with Gasteiger partial charge in [-0.1, -0.05) is 12.1 Å². The Morgan fingerprint density at radius 1 is 1.21 bits per heavy atom. The first-order valence-electron chi connectivity index (χ1n) is 6.56. The number of hydrogen-bond acceptors (Lipinski definition) is 5. The van der Waals surface area contributed by atoms with E-state index in [-0.39, 0.29) is 0 Å². The highest BCUT2D eigenvalue weighted by molar-refractivity contribution is 5.48. The molecule has 1 heterocycles. The van der Waals surface area contributed by atoms with E-state index in [1.165, 1.54) is 0 Å². The van der Waals surface area contributed by atoms with Crippen LogP contribution in [-0.2, 0) is 16.0 Å². The molecule has 106 valence electrons. The molecule has 0 saturated heterocycles. The molecule has 1 aliphatic rings. The van der Waals surface area contributed by atoms with Crippen molar-refractivity contribution < 1.29 is 18.9 Å². The number of benzene rings is 1. The summed E-state index contributed by atoms with van der Waals surface area (Å²) in [5.74, 6) is 1.69. The molecule has 0 unspecified atom stereocenters. The average molecular weight is 267 g/mol. The minimum Gasteiger partial charge on any atom is -0.454 e. The van der Waals surface area contributed by atoms with E-state index < -0.39 is 0 Å². The highest BCUT2D eigenvalue weighted by Crippen LogP contribution is 2.35. The summed E-state index contributed by atoms with van der Waals surface area (Å²) in [5.41, 5.74) is 1.12. The van der Waals surface area contributed by atoms with Crippen molar-refractivity contribution in [3.05, 3.63) is 23.8 Å². The maximum absolute atomic E-state index is 5.47. The topological polar surface area (TPSA) is 49.0 Å². The van der Waals surface area contributed by atoms with Gasteiger partial charge < -0.3 is 24.3 Å². The molecule has 5 nitrogen and oxygen atoms in total. The van der Waals surface area contributed by atoms with Gasteiger partial charge >= 0.3 is 0 Å². The molecule has 0 amide bonds. The zero-order valence-electron chi connectivity index (χ0n) is 11.3. The molecule has 0 aromatic heterocycles. The first-order chi connectivity index (χ1) is 9.42. The van der Waals surface area contributed by atoms with Crippen LogP contribution in [0.1, 0.15) is 12.0 Å². The molecule has 0 atom stereocenters. The summed E-state index contributed by atoms with van der Waals surface area (Å²) in [4.78, 5) is 0. The Bertz CT molecular complexity index is 384. The molecule has 1 aromatic carbocycles. The normalized spacial score (nSPS) is 12.9. The van der Waals surface area contributed by atoms with Crippen LogP contribution in [0.15, 0.2) is 18.2 Å². The Balaban J connectivity index is 1.60. The van der Waals surface area contributed by atoms with Gasteiger partial charge in [-0.3, -0.25) is 0 Å². The molecule has 0 spiro atoms. The molecule has 1 N–H and O–H groups in total. The fourth-order valence-corrected chi connectivity index (χ4v) is 1.90. The predicted molar refractivity (Wildman–Crippen MR) is 71.6 cm³/mol. The van der Waals surface area contributed by atoms with E-state index in [2.05, 4.69) is 5.32 Å². The van der Waals surface area contributed by atoms with Crippen molar-refractivity contribution in [2.24, 2.45) is 0 Å². The van der Waals surface area contributed by atoms with E-state index >= 15 is 0 Å². The zero-order chi connectivity index (χ0) is 13.3. The molecule has 0 aliphatic carbocycles. The van der Waals surface area contributed by atoms with E-state index in [9.17, 15) is 0 Å². The molecule has 1 aliphatic heterocycles. The molecule has 2 rings (SSSR count). The number of rotatable bonds is 9. The summed E-state index contributed by atoms with van der Waals surface area (Å²) in [6.45, 7) is 4.09. The zero-order valence-corrected chi connectivity index (χ0v) is 11.3. The lowest BCUT2D eigenvalue weighted by molar-refractivity contribution is 0.104. The number of fused-ring (bicyclic) bond motifs is 1. The van der Waals surface area contributed by atoms with E-state index in [0.717, 1.165) is 49.8 Å². The summed E-state index contributed by atoms with van der Waals surface area (Å²) in [5, 5.41) is 3.33. The number of nitrogens with one attached hydrogen (secondary N) is 1. The van der Waals surface area contributed by atoms with Crippen LogP contribution < -0.4 is 14.8 Å². The molecule has 0 bridgehead atoms. The minimum absolute atomic E-state index is 0.314. The number of ether oxygens (including phenoxy) is 4.